The van der Waals surface area contributed by atoms with Gasteiger partial charge >= 0.3 is 0 Å². The first-order valence-corrected chi connectivity index (χ1v) is 7.43. The number of hydrogen-bond donors (Lipinski definition) is 2. The molecule has 0 unspecified atom stereocenters. The highest BCUT2D eigenvalue weighted by Gasteiger charge is 2.08. The van der Waals surface area contributed by atoms with Gasteiger partial charge in [0.05, 0.1) is 4.88 Å². The van der Waals surface area contributed by atoms with Crippen LogP contribution >= 0.6 is 22.9 Å². The molecule has 5 nitrogen and oxygen atoms in total. The average Bonchev–Trinajstić information content (AvgIpc) is 2.97. The third-order valence-electron chi connectivity index (χ3n) is 2.89. The molecule has 2 aromatic heterocycles. The summed E-state index contributed by atoms with van der Waals surface area (Å²) in [7, 11) is 0. The summed E-state index contributed by atoms with van der Waals surface area (Å²) in [6.45, 7) is 1.92. The van der Waals surface area contributed by atoms with Gasteiger partial charge in [-0.05, 0) is 36.1 Å². The number of nitrogens with one attached hydrogen (secondary N) is 2. The number of thiophene rings is 1. The SMILES string of the molecule is Cc1ccc(Nc2nnc(-c3cccs3)c(=O)[nH]2)cc1Cl. The number of aromatic nitrogens is 3. The lowest BCUT2D eigenvalue weighted by Crippen LogP contribution is -2.15. The largest absolute Gasteiger partial charge is 0.324 e. The van der Waals surface area contributed by atoms with Gasteiger partial charge in [0, 0.05) is 10.7 Å². The molecule has 0 spiro atoms. The summed E-state index contributed by atoms with van der Waals surface area (Å²) >= 11 is 7.50. The topological polar surface area (TPSA) is 70.7 Å². The van der Waals surface area contributed by atoms with E-state index in [-0.39, 0.29) is 11.5 Å². The van der Waals surface area contributed by atoms with E-state index < -0.39 is 0 Å². The van der Waals surface area contributed by atoms with Crippen LogP contribution in [0.3, 0.4) is 0 Å². The van der Waals surface area contributed by atoms with Crippen molar-refractivity contribution in [3.63, 3.8) is 0 Å². The second kappa shape index (κ2) is 5.67. The Labute approximate surface area is 129 Å². The zero-order valence-corrected chi connectivity index (χ0v) is 12.6. The third-order valence-corrected chi connectivity index (χ3v) is 4.17. The highest BCUT2D eigenvalue weighted by Crippen LogP contribution is 2.22. The van der Waals surface area contributed by atoms with Gasteiger partial charge in [-0.1, -0.05) is 23.7 Å². The monoisotopic (exact) mass is 318 g/mol. The van der Waals surface area contributed by atoms with E-state index in [2.05, 4.69) is 20.5 Å². The molecular formula is C14H11ClN4OS. The smallest absolute Gasteiger partial charge is 0.280 e. The van der Waals surface area contributed by atoms with E-state index in [1.807, 2.05) is 36.6 Å². The molecule has 0 aliphatic carbocycles. The zero-order valence-electron chi connectivity index (χ0n) is 11.1. The van der Waals surface area contributed by atoms with E-state index in [9.17, 15) is 4.79 Å². The maximum Gasteiger partial charge on any atom is 0.280 e. The maximum atomic E-state index is 12.0. The fourth-order valence-electron chi connectivity index (χ4n) is 1.78. The summed E-state index contributed by atoms with van der Waals surface area (Å²) < 4.78 is 0. The van der Waals surface area contributed by atoms with E-state index in [0.29, 0.717) is 10.7 Å². The summed E-state index contributed by atoms with van der Waals surface area (Å²) in [6, 6.07) is 9.20. The molecule has 0 radical (unpaired) electrons. The molecule has 3 rings (SSSR count). The Kier molecular flexibility index (Phi) is 3.72. The molecule has 0 amide bonds. The number of aromatic amines is 1. The molecule has 0 aliphatic heterocycles. The van der Waals surface area contributed by atoms with Crippen LogP contribution in [0.25, 0.3) is 10.6 Å². The molecule has 0 aliphatic rings. The zero-order chi connectivity index (χ0) is 14.8. The molecule has 0 saturated heterocycles. The number of nitrogens with zero attached hydrogens (tertiary/aromatic N) is 2. The molecule has 0 bridgehead atoms. The Balaban J connectivity index is 1.89. The fourth-order valence-corrected chi connectivity index (χ4v) is 2.66. The van der Waals surface area contributed by atoms with Crippen LogP contribution in [-0.4, -0.2) is 15.2 Å². The minimum absolute atomic E-state index is 0.278. The van der Waals surface area contributed by atoms with Gasteiger partial charge in [-0.25, -0.2) is 0 Å². The summed E-state index contributed by atoms with van der Waals surface area (Å²) in [5.74, 6) is 0.278. The van der Waals surface area contributed by atoms with Gasteiger partial charge in [0.2, 0.25) is 5.95 Å². The van der Waals surface area contributed by atoms with Crippen molar-refractivity contribution >= 4 is 34.6 Å². The van der Waals surface area contributed by atoms with Gasteiger partial charge < -0.3 is 5.32 Å². The first-order valence-electron chi connectivity index (χ1n) is 6.17. The Hall–Kier alpha value is -2.18. The second-order valence-electron chi connectivity index (χ2n) is 4.42. The van der Waals surface area contributed by atoms with Gasteiger partial charge in [-0.3, -0.25) is 9.78 Å². The van der Waals surface area contributed by atoms with E-state index >= 15 is 0 Å². The van der Waals surface area contributed by atoms with Crippen LogP contribution in [0.2, 0.25) is 5.02 Å². The van der Waals surface area contributed by atoms with Crippen LogP contribution in [0.15, 0.2) is 40.5 Å². The van der Waals surface area contributed by atoms with Crippen molar-refractivity contribution in [3.05, 3.63) is 56.7 Å². The quantitative estimate of drug-likeness (QED) is 0.774. The van der Waals surface area contributed by atoms with E-state index in [1.54, 1.807) is 6.07 Å². The summed E-state index contributed by atoms with van der Waals surface area (Å²) in [4.78, 5) is 15.5. The molecule has 0 fully saturated rings. The second-order valence-corrected chi connectivity index (χ2v) is 5.77. The Morgan fingerprint density at radius 2 is 2.14 bits per heavy atom. The molecule has 21 heavy (non-hydrogen) atoms. The maximum absolute atomic E-state index is 12.0. The van der Waals surface area contributed by atoms with Gasteiger partial charge in [-0.2, -0.15) is 0 Å². The van der Waals surface area contributed by atoms with Crippen molar-refractivity contribution in [1.82, 2.24) is 15.2 Å². The van der Waals surface area contributed by atoms with Gasteiger partial charge in [0.25, 0.3) is 5.56 Å². The number of halogens is 1. The summed E-state index contributed by atoms with van der Waals surface area (Å²) in [5.41, 5.74) is 1.75. The van der Waals surface area contributed by atoms with Crippen molar-refractivity contribution in [2.45, 2.75) is 6.92 Å². The van der Waals surface area contributed by atoms with Crippen LogP contribution in [0.1, 0.15) is 5.56 Å². The fraction of sp³-hybridized carbons (Fsp3) is 0.0714. The highest BCUT2D eigenvalue weighted by molar-refractivity contribution is 7.13. The minimum atomic E-state index is -0.284. The van der Waals surface area contributed by atoms with Gasteiger partial charge in [0.15, 0.2) is 5.69 Å². The van der Waals surface area contributed by atoms with E-state index in [1.165, 1.54) is 11.3 Å². The molecule has 7 heteroatoms. The molecule has 0 atom stereocenters. The van der Waals surface area contributed by atoms with Crippen LogP contribution < -0.4 is 10.9 Å². The number of H-pyrrole nitrogens is 1. The first kappa shape index (κ1) is 13.8. The molecular weight excluding hydrogens is 308 g/mol. The van der Waals surface area contributed by atoms with Gasteiger partial charge in [0.1, 0.15) is 0 Å². The molecule has 0 saturated carbocycles. The Morgan fingerprint density at radius 3 is 2.81 bits per heavy atom. The number of hydrogen-bond acceptors (Lipinski definition) is 5. The van der Waals surface area contributed by atoms with Crippen LogP contribution in [0, 0.1) is 6.92 Å². The predicted octanol–water partition coefficient (Wildman–Crippen LogP) is 3.60. The molecule has 2 heterocycles. The minimum Gasteiger partial charge on any atom is -0.324 e. The number of aryl methyl sites for hydroxylation is 1. The molecule has 1 aromatic carbocycles. The molecule has 2 N–H and O–H groups in total. The lowest BCUT2D eigenvalue weighted by molar-refractivity contribution is 0.964. The van der Waals surface area contributed by atoms with Crippen molar-refractivity contribution < 1.29 is 0 Å². The predicted molar refractivity (Wildman–Crippen MR) is 85.4 cm³/mol. The Bertz CT molecular complexity index is 829. The third kappa shape index (κ3) is 2.96. The number of anilines is 2. The average molecular weight is 319 g/mol. The van der Waals surface area contributed by atoms with Crippen LogP contribution in [0.5, 0.6) is 0 Å². The molecule has 106 valence electrons. The molecule has 3 aromatic rings. The van der Waals surface area contributed by atoms with Crippen molar-refractivity contribution in [2.24, 2.45) is 0 Å². The number of benzene rings is 1. The lowest BCUT2D eigenvalue weighted by Gasteiger charge is -2.06. The van der Waals surface area contributed by atoms with Crippen LogP contribution in [0.4, 0.5) is 11.6 Å². The summed E-state index contributed by atoms with van der Waals surface area (Å²) in [6.07, 6.45) is 0. The van der Waals surface area contributed by atoms with E-state index in [4.69, 9.17) is 11.6 Å². The Morgan fingerprint density at radius 1 is 1.29 bits per heavy atom. The number of rotatable bonds is 3. The lowest BCUT2D eigenvalue weighted by atomic mass is 10.2. The van der Waals surface area contributed by atoms with Crippen molar-refractivity contribution in [1.29, 1.82) is 0 Å². The first-order chi connectivity index (χ1) is 10.1. The van der Waals surface area contributed by atoms with Crippen molar-refractivity contribution in [3.8, 4) is 10.6 Å². The van der Waals surface area contributed by atoms with Crippen molar-refractivity contribution in [2.75, 3.05) is 5.32 Å². The van der Waals surface area contributed by atoms with E-state index in [0.717, 1.165) is 16.1 Å². The highest BCUT2D eigenvalue weighted by atomic mass is 35.5. The van der Waals surface area contributed by atoms with Gasteiger partial charge in [-0.15, -0.1) is 21.5 Å². The standard InChI is InChI=1S/C14H11ClN4OS/c1-8-4-5-9(7-10(8)15)16-14-17-13(20)12(18-19-14)11-3-2-6-21-11/h2-7H,1H3,(H2,16,17,19,20). The van der Waals surface area contributed by atoms with Crippen LogP contribution in [-0.2, 0) is 0 Å². The normalized spacial score (nSPS) is 10.6. The summed E-state index contributed by atoms with van der Waals surface area (Å²) in [5, 5.41) is 13.5.